The van der Waals surface area contributed by atoms with E-state index in [0.717, 1.165) is 5.69 Å². The zero-order valence-corrected chi connectivity index (χ0v) is 14.8. The molecule has 0 aliphatic rings. The monoisotopic (exact) mass is 330 g/mol. The first kappa shape index (κ1) is 17.3. The van der Waals surface area contributed by atoms with Gasteiger partial charge in [0.15, 0.2) is 9.84 Å². The Morgan fingerprint density at radius 1 is 0.826 bits per heavy atom. The van der Waals surface area contributed by atoms with Gasteiger partial charge >= 0.3 is 0 Å². The van der Waals surface area contributed by atoms with Crippen LogP contribution in [0.4, 0.5) is 11.4 Å². The highest BCUT2D eigenvalue weighted by Crippen LogP contribution is 2.25. The Bertz CT molecular complexity index is 784. The first-order valence-corrected chi connectivity index (χ1v) is 9.23. The summed E-state index contributed by atoms with van der Waals surface area (Å²) in [5.41, 5.74) is 2.74. The second-order valence-electron chi connectivity index (χ2n) is 6.39. The molecule has 0 fully saturated rings. The molecule has 0 amide bonds. The summed E-state index contributed by atoms with van der Waals surface area (Å²) in [5, 5.41) is 8.33. The molecule has 2 rings (SSSR count). The van der Waals surface area contributed by atoms with Crippen molar-refractivity contribution < 1.29 is 8.42 Å². The third-order valence-corrected chi connectivity index (χ3v) is 5.34. The molecule has 2 aromatic carbocycles. The molecule has 0 aliphatic carbocycles. The Balaban J connectivity index is 2.14. The Hall–Kier alpha value is -2.01. The number of azo groups is 1. The highest BCUT2D eigenvalue weighted by molar-refractivity contribution is 7.91. The second-order valence-corrected chi connectivity index (χ2v) is 8.67. The van der Waals surface area contributed by atoms with Crippen molar-refractivity contribution in [3.05, 3.63) is 54.1 Å². The molecule has 122 valence electrons. The van der Waals surface area contributed by atoms with Gasteiger partial charge in [0.1, 0.15) is 0 Å². The van der Waals surface area contributed by atoms with Crippen molar-refractivity contribution in [3.63, 3.8) is 0 Å². The van der Waals surface area contributed by atoms with Gasteiger partial charge in [-0.25, -0.2) is 8.42 Å². The normalized spacial score (nSPS) is 12.7. The molecular weight excluding hydrogens is 308 g/mol. The maximum Gasteiger partial charge on any atom is 0.178 e. The number of benzene rings is 2. The summed E-state index contributed by atoms with van der Waals surface area (Å²) in [6.45, 7) is 8.12. The van der Waals surface area contributed by atoms with Crippen molar-refractivity contribution in [1.82, 2.24) is 0 Å². The van der Waals surface area contributed by atoms with Crippen molar-refractivity contribution in [2.75, 3.05) is 5.75 Å². The zero-order chi connectivity index (χ0) is 17.1. The van der Waals surface area contributed by atoms with Crippen LogP contribution in [-0.4, -0.2) is 14.2 Å². The average Bonchev–Trinajstić information content (AvgIpc) is 2.53. The Morgan fingerprint density at radius 2 is 1.26 bits per heavy atom. The van der Waals surface area contributed by atoms with Gasteiger partial charge in [-0.15, -0.1) is 0 Å². The minimum Gasteiger partial charge on any atom is -0.224 e. The molecule has 2 aromatic rings. The van der Waals surface area contributed by atoms with E-state index in [2.05, 4.69) is 31.0 Å². The lowest BCUT2D eigenvalue weighted by molar-refractivity contribution is 0.590. The molecule has 0 aliphatic heterocycles. The Kier molecular flexibility index (Phi) is 5.00. The van der Waals surface area contributed by atoms with E-state index < -0.39 is 9.84 Å². The molecule has 0 N–H and O–H groups in total. The van der Waals surface area contributed by atoms with Crippen molar-refractivity contribution >= 4 is 21.2 Å². The molecule has 0 saturated heterocycles. The molecular formula is C18H22N2O2S. The summed E-state index contributed by atoms with van der Waals surface area (Å²) < 4.78 is 23.5. The van der Waals surface area contributed by atoms with Crippen molar-refractivity contribution in [2.45, 2.75) is 38.0 Å². The number of hydrogen-bond acceptors (Lipinski definition) is 4. The minimum absolute atomic E-state index is 0.0913. The fourth-order valence-corrected chi connectivity index (χ4v) is 2.91. The van der Waals surface area contributed by atoms with Crippen molar-refractivity contribution in [2.24, 2.45) is 10.2 Å². The third kappa shape index (κ3) is 4.48. The molecule has 0 unspecified atom stereocenters. The predicted octanol–water partition coefficient (Wildman–Crippen LogP) is 5.19. The number of hydrogen-bond donors (Lipinski definition) is 0. The van der Waals surface area contributed by atoms with E-state index in [9.17, 15) is 8.42 Å². The van der Waals surface area contributed by atoms with Crippen LogP contribution < -0.4 is 0 Å². The van der Waals surface area contributed by atoms with Gasteiger partial charge in [-0.2, -0.15) is 10.2 Å². The quantitative estimate of drug-likeness (QED) is 0.724. The van der Waals surface area contributed by atoms with Crippen LogP contribution >= 0.6 is 0 Å². The van der Waals surface area contributed by atoms with E-state index in [0.29, 0.717) is 10.6 Å². The van der Waals surface area contributed by atoms with Gasteiger partial charge in [-0.05, 0) is 47.4 Å². The first-order valence-electron chi connectivity index (χ1n) is 7.57. The summed E-state index contributed by atoms with van der Waals surface area (Å²) in [7, 11) is -3.17. The van der Waals surface area contributed by atoms with E-state index in [1.807, 2.05) is 24.3 Å². The fraction of sp³-hybridized carbons (Fsp3) is 0.333. The fourth-order valence-electron chi connectivity index (χ4n) is 2.03. The molecule has 0 heterocycles. The van der Waals surface area contributed by atoms with Gasteiger partial charge in [0, 0.05) is 0 Å². The van der Waals surface area contributed by atoms with Gasteiger partial charge in [0.05, 0.1) is 22.0 Å². The van der Waals surface area contributed by atoms with E-state index in [4.69, 9.17) is 0 Å². The van der Waals surface area contributed by atoms with Crippen LogP contribution in [0, 0.1) is 0 Å². The third-order valence-electron chi connectivity index (χ3n) is 3.59. The van der Waals surface area contributed by atoms with Gasteiger partial charge in [0.2, 0.25) is 0 Å². The molecule has 0 bridgehead atoms. The van der Waals surface area contributed by atoms with E-state index in [-0.39, 0.29) is 11.2 Å². The van der Waals surface area contributed by atoms with Gasteiger partial charge < -0.3 is 0 Å². The molecule has 5 heteroatoms. The van der Waals surface area contributed by atoms with Crippen LogP contribution in [0.25, 0.3) is 0 Å². The summed E-state index contributed by atoms with van der Waals surface area (Å²) in [4.78, 5) is 0.313. The lowest BCUT2D eigenvalue weighted by Gasteiger charge is -2.18. The molecule has 0 saturated carbocycles. The van der Waals surface area contributed by atoms with Crippen LogP contribution in [0.1, 0.15) is 33.3 Å². The standard InChI is InChI=1S/C18H22N2O2S/c1-5-23(21,22)17-12-10-16(11-13-17)20-19-15-8-6-14(7-9-15)18(2,3)4/h6-13H,5H2,1-4H3. The minimum atomic E-state index is -3.17. The highest BCUT2D eigenvalue weighted by atomic mass is 32.2. The second kappa shape index (κ2) is 6.62. The Morgan fingerprint density at radius 3 is 1.65 bits per heavy atom. The number of sulfone groups is 1. The molecule has 0 aromatic heterocycles. The summed E-state index contributed by atoms with van der Waals surface area (Å²) in [6.07, 6.45) is 0. The maximum absolute atomic E-state index is 11.8. The molecule has 0 radical (unpaired) electrons. The number of nitrogens with zero attached hydrogens (tertiary/aromatic N) is 2. The Labute approximate surface area is 138 Å². The highest BCUT2D eigenvalue weighted by Gasteiger charge is 2.13. The summed E-state index contributed by atoms with van der Waals surface area (Å²) in [5.74, 6) is 0.0913. The SMILES string of the molecule is CCS(=O)(=O)c1ccc(N=Nc2ccc(C(C)(C)C)cc2)cc1. The topological polar surface area (TPSA) is 58.9 Å². The average molecular weight is 330 g/mol. The van der Waals surface area contributed by atoms with Crippen LogP contribution in [0.2, 0.25) is 0 Å². The predicted molar refractivity (Wildman–Crippen MR) is 93.5 cm³/mol. The molecule has 0 atom stereocenters. The van der Waals surface area contributed by atoms with Gasteiger partial charge in [-0.1, -0.05) is 39.8 Å². The smallest absolute Gasteiger partial charge is 0.178 e. The molecule has 4 nitrogen and oxygen atoms in total. The lowest BCUT2D eigenvalue weighted by Crippen LogP contribution is -2.10. The molecule has 0 spiro atoms. The van der Waals surface area contributed by atoms with Crippen LogP contribution in [0.15, 0.2) is 63.7 Å². The van der Waals surface area contributed by atoms with E-state index in [1.165, 1.54) is 5.56 Å². The van der Waals surface area contributed by atoms with Gasteiger partial charge in [0.25, 0.3) is 0 Å². The van der Waals surface area contributed by atoms with Gasteiger partial charge in [-0.3, -0.25) is 0 Å². The first-order chi connectivity index (χ1) is 10.7. The van der Waals surface area contributed by atoms with Crippen LogP contribution in [0.3, 0.4) is 0 Å². The van der Waals surface area contributed by atoms with E-state index >= 15 is 0 Å². The summed E-state index contributed by atoms with van der Waals surface area (Å²) >= 11 is 0. The lowest BCUT2D eigenvalue weighted by atomic mass is 9.87. The maximum atomic E-state index is 11.8. The van der Waals surface area contributed by atoms with Crippen LogP contribution in [0.5, 0.6) is 0 Å². The largest absolute Gasteiger partial charge is 0.224 e. The van der Waals surface area contributed by atoms with Crippen molar-refractivity contribution in [3.8, 4) is 0 Å². The number of rotatable bonds is 4. The van der Waals surface area contributed by atoms with Crippen LogP contribution in [-0.2, 0) is 15.3 Å². The van der Waals surface area contributed by atoms with Crippen molar-refractivity contribution in [1.29, 1.82) is 0 Å². The summed E-state index contributed by atoms with van der Waals surface area (Å²) in [6, 6.07) is 14.4. The zero-order valence-electron chi connectivity index (χ0n) is 13.9. The molecule has 23 heavy (non-hydrogen) atoms. The van der Waals surface area contributed by atoms with E-state index in [1.54, 1.807) is 31.2 Å².